The summed E-state index contributed by atoms with van der Waals surface area (Å²) in [6.07, 6.45) is 3.22. The van der Waals surface area contributed by atoms with Gasteiger partial charge in [-0.15, -0.1) is 0 Å². The minimum atomic E-state index is -0.440. The molecule has 1 heterocycles. The van der Waals surface area contributed by atoms with Crippen molar-refractivity contribution in [2.45, 2.75) is 0 Å². The summed E-state index contributed by atoms with van der Waals surface area (Å²) in [5.74, 6) is -0.0361. The van der Waals surface area contributed by atoms with Crippen molar-refractivity contribution < 1.29 is 9.72 Å². The van der Waals surface area contributed by atoms with Crippen LogP contribution in [0.25, 0.3) is 6.08 Å². The summed E-state index contributed by atoms with van der Waals surface area (Å²) in [7, 11) is 0. The van der Waals surface area contributed by atoms with Crippen LogP contribution in [0.1, 0.15) is 5.56 Å². The SMILES string of the molecule is O=C(/C=C/c1ccc([N+](=O)[O-])cc1)N1CCN(c2ccccc2)CC1. The second-order valence-corrected chi connectivity index (χ2v) is 5.83. The van der Waals surface area contributed by atoms with Crippen molar-refractivity contribution in [2.24, 2.45) is 0 Å². The van der Waals surface area contributed by atoms with Gasteiger partial charge in [0.2, 0.25) is 5.91 Å². The lowest BCUT2D eigenvalue weighted by Crippen LogP contribution is -2.48. The van der Waals surface area contributed by atoms with Gasteiger partial charge in [-0.1, -0.05) is 18.2 Å². The second kappa shape index (κ2) is 7.61. The molecule has 1 amide bonds. The Labute approximate surface area is 146 Å². The van der Waals surface area contributed by atoms with Crippen LogP contribution in [0, 0.1) is 10.1 Å². The van der Waals surface area contributed by atoms with E-state index in [1.165, 1.54) is 23.9 Å². The van der Waals surface area contributed by atoms with Crippen LogP contribution in [0.5, 0.6) is 0 Å². The maximum Gasteiger partial charge on any atom is 0.269 e. The summed E-state index contributed by atoms with van der Waals surface area (Å²) in [5.41, 5.74) is 1.98. The number of piperazine rings is 1. The molecule has 0 unspecified atom stereocenters. The Morgan fingerprint density at radius 1 is 0.960 bits per heavy atom. The molecule has 0 aliphatic carbocycles. The van der Waals surface area contributed by atoms with Crippen LogP contribution < -0.4 is 4.90 Å². The topological polar surface area (TPSA) is 66.7 Å². The molecular formula is C19H19N3O3. The summed E-state index contributed by atoms with van der Waals surface area (Å²) in [4.78, 5) is 26.6. The van der Waals surface area contributed by atoms with Crippen molar-refractivity contribution in [1.82, 2.24) is 4.90 Å². The highest BCUT2D eigenvalue weighted by Crippen LogP contribution is 2.16. The molecule has 6 nitrogen and oxygen atoms in total. The van der Waals surface area contributed by atoms with E-state index in [0.29, 0.717) is 13.1 Å². The fourth-order valence-electron chi connectivity index (χ4n) is 2.80. The zero-order valence-corrected chi connectivity index (χ0v) is 13.7. The number of carbonyl (C=O) groups excluding carboxylic acids is 1. The third-order valence-electron chi connectivity index (χ3n) is 4.23. The predicted molar refractivity (Wildman–Crippen MR) is 97.4 cm³/mol. The number of amides is 1. The number of rotatable bonds is 4. The third kappa shape index (κ3) is 4.23. The van der Waals surface area contributed by atoms with E-state index in [1.54, 1.807) is 18.2 Å². The van der Waals surface area contributed by atoms with E-state index in [0.717, 1.165) is 18.7 Å². The number of nitro groups is 1. The third-order valence-corrected chi connectivity index (χ3v) is 4.23. The van der Waals surface area contributed by atoms with Gasteiger partial charge in [-0.05, 0) is 35.9 Å². The maximum atomic E-state index is 12.3. The van der Waals surface area contributed by atoms with Crippen molar-refractivity contribution >= 4 is 23.4 Å². The molecule has 1 aliphatic heterocycles. The Morgan fingerprint density at radius 3 is 2.20 bits per heavy atom. The fraction of sp³-hybridized carbons (Fsp3) is 0.211. The average Bonchev–Trinajstić information content (AvgIpc) is 2.67. The molecule has 0 saturated carbocycles. The van der Waals surface area contributed by atoms with Crippen LogP contribution in [0.2, 0.25) is 0 Å². The van der Waals surface area contributed by atoms with Gasteiger partial charge in [0.1, 0.15) is 0 Å². The van der Waals surface area contributed by atoms with Gasteiger partial charge in [-0.2, -0.15) is 0 Å². The number of nitrogens with zero attached hydrogens (tertiary/aromatic N) is 3. The molecule has 3 rings (SSSR count). The predicted octanol–water partition coefficient (Wildman–Crippen LogP) is 2.96. The summed E-state index contributed by atoms with van der Waals surface area (Å²) in [5, 5.41) is 10.6. The molecule has 25 heavy (non-hydrogen) atoms. The first kappa shape index (κ1) is 16.7. The molecule has 0 bridgehead atoms. The van der Waals surface area contributed by atoms with E-state index in [2.05, 4.69) is 17.0 Å². The van der Waals surface area contributed by atoms with Gasteiger partial charge in [0.15, 0.2) is 0 Å². The number of nitro benzene ring substituents is 1. The van der Waals surface area contributed by atoms with Gasteiger partial charge in [0.05, 0.1) is 4.92 Å². The van der Waals surface area contributed by atoms with E-state index in [1.807, 2.05) is 23.1 Å². The first-order valence-electron chi connectivity index (χ1n) is 8.15. The minimum Gasteiger partial charge on any atom is -0.368 e. The molecule has 1 fully saturated rings. The van der Waals surface area contributed by atoms with Crippen molar-refractivity contribution in [3.05, 3.63) is 76.4 Å². The molecule has 0 spiro atoms. The largest absolute Gasteiger partial charge is 0.368 e. The Hall–Kier alpha value is -3.15. The molecular weight excluding hydrogens is 318 g/mol. The van der Waals surface area contributed by atoms with Crippen LogP contribution in [-0.4, -0.2) is 41.9 Å². The van der Waals surface area contributed by atoms with Gasteiger partial charge in [-0.25, -0.2) is 0 Å². The number of hydrogen-bond donors (Lipinski definition) is 0. The Balaban J connectivity index is 1.55. The molecule has 0 atom stereocenters. The van der Waals surface area contributed by atoms with Crippen molar-refractivity contribution in [1.29, 1.82) is 0 Å². The molecule has 6 heteroatoms. The van der Waals surface area contributed by atoms with Crippen molar-refractivity contribution in [2.75, 3.05) is 31.1 Å². The van der Waals surface area contributed by atoms with Gasteiger partial charge in [0.25, 0.3) is 5.69 Å². The lowest BCUT2D eigenvalue weighted by molar-refractivity contribution is -0.384. The first-order valence-corrected chi connectivity index (χ1v) is 8.15. The number of non-ortho nitro benzene ring substituents is 1. The Bertz CT molecular complexity index is 764. The van der Waals surface area contributed by atoms with E-state index in [4.69, 9.17) is 0 Å². The summed E-state index contributed by atoms with van der Waals surface area (Å²) in [6.45, 7) is 2.97. The number of carbonyl (C=O) groups is 1. The zero-order chi connectivity index (χ0) is 17.6. The quantitative estimate of drug-likeness (QED) is 0.489. The number of para-hydroxylation sites is 1. The average molecular weight is 337 g/mol. The number of anilines is 1. The highest BCUT2D eigenvalue weighted by Gasteiger charge is 2.19. The van der Waals surface area contributed by atoms with Crippen LogP contribution in [0.3, 0.4) is 0 Å². The van der Waals surface area contributed by atoms with E-state index >= 15 is 0 Å². The summed E-state index contributed by atoms with van der Waals surface area (Å²) >= 11 is 0. The van der Waals surface area contributed by atoms with Crippen LogP contribution in [0.4, 0.5) is 11.4 Å². The Kier molecular flexibility index (Phi) is 5.09. The lowest BCUT2D eigenvalue weighted by atomic mass is 10.2. The fourth-order valence-corrected chi connectivity index (χ4v) is 2.80. The number of hydrogen-bond acceptors (Lipinski definition) is 4. The molecule has 0 aromatic heterocycles. The Morgan fingerprint density at radius 2 is 1.60 bits per heavy atom. The number of benzene rings is 2. The van der Waals surface area contributed by atoms with Crippen LogP contribution in [0.15, 0.2) is 60.7 Å². The zero-order valence-electron chi connectivity index (χ0n) is 13.7. The minimum absolute atomic E-state index is 0.0361. The van der Waals surface area contributed by atoms with E-state index in [9.17, 15) is 14.9 Å². The van der Waals surface area contributed by atoms with E-state index < -0.39 is 4.92 Å². The highest BCUT2D eigenvalue weighted by atomic mass is 16.6. The van der Waals surface area contributed by atoms with Gasteiger partial charge in [-0.3, -0.25) is 14.9 Å². The maximum absolute atomic E-state index is 12.3. The van der Waals surface area contributed by atoms with E-state index in [-0.39, 0.29) is 11.6 Å². The molecule has 2 aromatic rings. The molecule has 2 aromatic carbocycles. The standard InChI is InChI=1S/C19H19N3O3/c23-19(11-8-16-6-9-18(10-7-16)22(24)25)21-14-12-20(13-15-21)17-4-2-1-3-5-17/h1-11H,12-15H2/b11-8+. The molecule has 1 saturated heterocycles. The monoisotopic (exact) mass is 337 g/mol. The van der Waals surface area contributed by atoms with Crippen molar-refractivity contribution in [3.63, 3.8) is 0 Å². The summed E-state index contributed by atoms with van der Waals surface area (Å²) < 4.78 is 0. The molecule has 0 N–H and O–H groups in total. The lowest BCUT2D eigenvalue weighted by Gasteiger charge is -2.35. The second-order valence-electron chi connectivity index (χ2n) is 5.83. The van der Waals surface area contributed by atoms with Crippen LogP contribution >= 0.6 is 0 Å². The first-order chi connectivity index (χ1) is 12.1. The van der Waals surface area contributed by atoms with Gasteiger partial charge >= 0.3 is 0 Å². The van der Waals surface area contributed by atoms with Gasteiger partial charge < -0.3 is 9.80 Å². The van der Waals surface area contributed by atoms with Crippen molar-refractivity contribution in [3.8, 4) is 0 Å². The summed E-state index contributed by atoms with van der Waals surface area (Å²) in [6, 6.07) is 16.3. The normalized spacial score (nSPS) is 14.7. The van der Waals surface area contributed by atoms with Crippen LogP contribution in [-0.2, 0) is 4.79 Å². The molecule has 1 aliphatic rings. The molecule has 128 valence electrons. The smallest absolute Gasteiger partial charge is 0.269 e. The molecule has 0 radical (unpaired) electrons. The highest BCUT2D eigenvalue weighted by molar-refractivity contribution is 5.92. The van der Waals surface area contributed by atoms with Gasteiger partial charge in [0, 0.05) is 50.1 Å².